The fraction of sp³-hybridized carbons (Fsp3) is 0.192. The van der Waals surface area contributed by atoms with Gasteiger partial charge in [0.2, 0.25) is 0 Å². The first kappa shape index (κ1) is 27.1. The fourth-order valence-corrected chi connectivity index (χ4v) is 4.66. The number of aliphatic carboxylic acids is 1. The molecule has 12 heteroatoms. The molecule has 196 valence electrons. The lowest BCUT2D eigenvalue weighted by molar-refractivity contribution is -0.139. The summed E-state index contributed by atoms with van der Waals surface area (Å²) in [5.41, 5.74) is 1.24. The molecule has 0 spiro atoms. The van der Waals surface area contributed by atoms with E-state index in [-0.39, 0.29) is 22.0 Å². The lowest BCUT2D eigenvalue weighted by Gasteiger charge is -2.16. The Hall–Kier alpha value is -3.99. The molecule has 10 nitrogen and oxygen atoms in total. The zero-order chi connectivity index (χ0) is 27.6. The maximum absolute atomic E-state index is 13.3. The Morgan fingerprint density at radius 2 is 1.66 bits per heavy atom. The Bertz CT molecular complexity index is 1640. The highest BCUT2D eigenvalue weighted by Crippen LogP contribution is 2.23. The zero-order valence-corrected chi connectivity index (χ0v) is 21.9. The first-order chi connectivity index (χ1) is 18.1. The first-order valence-electron chi connectivity index (χ1n) is 11.4. The maximum Gasteiger partial charge on any atom is 0.335 e. The summed E-state index contributed by atoms with van der Waals surface area (Å²) in [4.78, 5) is 54.6. The van der Waals surface area contributed by atoms with Crippen molar-refractivity contribution < 1.29 is 14.7 Å². The van der Waals surface area contributed by atoms with Crippen LogP contribution >= 0.6 is 23.2 Å². The topological polar surface area (TPSA) is 135 Å². The van der Waals surface area contributed by atoms with E-state index in [9.17, 15) is 24.3 Å². The van der Waals surface area contributed by atoms with Gasteiger partial charge in [-0.15, -0.1) is 0 Å². The van der Waals surface area contributed by atoms with Crippen LogP contribution in [0.3, 0.4) is 0 Å². The van der Waals surface area contributed by atoms with E-state index in [1.807, 2.05) is 6.07 Å². The molecule has 0 aliphatic heterocycles. The Morgan fingerprint density at radius 3 is 2.26 bits per heavy atom. The smallest absolute Gasteiger partial charge is 0.335 e. The van der Waals surface area contributed by atoms with Crippen LogP contribution in [-0.4, -0.2) is 44.2 Å². The van der Waals surface area contributed by atoms with Gasteiger partial charge in [-0.05, 0) is 42.4 Å². The van der Waals surface area contributed by atoms with Gasteiger partial charge in [-0.1, -0.05) is 41.4 Å². The van der Waals surface area contributed by atoms with E-state index in [4.69, 9.17) is 23.2 Å². The van der Waals surface area contributed by atoms with Gasteiger partial charge >= 0.3 is 11.7 Å². The lowest BCUT2D eigenvalue weighted by Crippen LogP contribution is -2.42. The maximum atomic E-state index is 13.3. The van der Waals surface area contributed by atoms with Crippen LogP contribution in [-0.2, 0) is 24.8 Å². The van der Waals surface area contributed by atoms with E-state index in [1.165, 1.54) is 17.0 Å². The molecule has 3 N–H and O–H groups in total. The van der Waals surface area contributed by atoms with Gasteiger partial charge in [-0.25, -0.2) is 14.2 Å². The molecule has 0 saturated carbocycles. The van der Waals surface area contributed by atoms with E-state index in [0.717, 1.165) is 10.1 Å². The molecule has 0 aliphatic carbocycles. The van der Waals surface area contributed by atoms with Crippen molar-refractivity contribution in [3.05, 3.63) is 102 Å². The van der Waals surface area contributed by atoms with Crippen molar-refractivity contribution in [2.24, 2.45) is 7.05 Å². The van der Waals surface area contributed by atoms with E-state index in [2.05, 4.69) is 15.6 Å². The second kappa shape index (κ2) is 11.2. The quantitative estimate of drug-likeness (QED) is 0.304. The van der Waals surface area contributed by atoms with E-state index in [1.54, 1.807) is 50.5 Å². The molecule has 1 atom stereocenters. The number of carboxylic acid groups (broad SMARTS) is 1. The summed E-state index contributed by atoms with van der Waals surface area (Å²) in [7, 11) is 3.39. The number of aromatic nitrogens is 3. The van der Waals surface area contributed by atoms with E-state index < -0.39 is 29.2 Å². The molecule has 0 radical (unpaired) electrons. The third-order valence-corrected chi connectivity index (χ3v) is 6.61. The van der Waals surface area contributed by atoms with Gasteiger partial charge < -0.3 is 15.7 Å². The number of carboxylic acids is 1. The summed E-state index contributed by atoms with van der Waals surface area (Å²) in [6.07, 6.45) is 2.40. The SMILES string of the molecule is CNCc1ccc2c(c1)c(=O)n(-c1ccc(C[C@H](NC(=O)c3c(Cl)cncc3Cl)C(=O)O)cc1)c(=O)n2C. The summed E-state index contributed by atoms with van der Waals surface area (Å²) >= 11 is 12.0. The second-order valence-corrected chi connectivity index (χ2v) is 9.39. The molecule has 0 fully saturated rings. The van der Waals surface area contributed by atoms with Crippen molar-refractivity contribution in [3.63, 3.8) is 0 Å². The first-order valence-corrected chi connectivity index (χ1v) is 12.2. The fourth-order valence-electron chi connectivity index (χ4n) is 4.12. The number of rotatable bonds is 8. The number of benzene rings is 2. The Balaban J connectivity index is 1.63. The minimum absolute atomic E-state index is 0.0102. The minimum Gasteiger partial charge on any atom is -0.480 e. The number of amides is 1. The van der Waals surface area contributed by atoms with Crippen LogP contribution in [0.2, 0.25) is 10.0 Å². The Kier molecular flexibility index (Phi) is 7.96. The van der Waals surface area contributed by atoms with E-state index in [0.29, 0.717) is 28.7 Å². The molecule has 2 aromatic carbocycles. The zero-order valence-electron chi connectivity index (χ0n) is 20.4. The summed E-state index contributed by atoms with van der Waals surface area (Å²) in [5.74, 6) is -2.02. The highest BCUT2D eigenvalue weighted by molar-refractivity contribution is 6.39. The summed E-state index contributed by atoms with van der Waals surface area (Å²) < 4.78 is 2.47. The van der Waals surface area contributed by atoms with Crippen molar-refractivity contribution >= 4 is 46.0 Å². The van der Waals surface area contributed by atoms with Gasteiger partial charge in [0, 0.05) is 32.4 Å². The molecule has 2 heterocycles. The highest BCUT2D eigenvalue weighted by Gasteiger charge is 2.24. The monoisotopic (exact) mass is 555 g/mol. The minimum atomic E-state index is -1.30. The average molecular weight is 556 g/mol. The number of hydrogen-bond donors (Lipinski definition) is 3. The molecule has 4 aromatic rings. The predicted molar refractivity (Wildman–Crippen MR) is 144 cm³/mol. The lowest BCUT2D eigenvalue weighted by atomic mass is 10.0. The van der Waals surface area contributed by atoms with Gasteiger partial charge in [0.1, 0.15) is 6.04 Å². The van der Waals surface area contributed by atoms with Gasteiger partial charge in [-0.2, -0.15) is 0 Å². The van der Waals surface area contributed by atoms with Crippen LogP contribution in [0.4, 0.5) is 0 Å². The van der Waals surface area contributed by atoms with Crippen LogP contribution in [0.15, 0.2) is 64.4 Å². The van der Waals surface area contributed by atoms with Crippen LogP contribution in [0.5, 0.6) is 0 Å². The van der Waals surface area contributed by atoms with Crippen LogP contribution < -0.4 is 21.9 Å². The number of carbonyl (C=O) groups is 2. The van der Waals surface area contributed by atoms with Gasteiger partial charge in [0.15, 0.2) is 0 Å². The highest BCUT2D eigenvalue weighted by atomic mass is 35.5. The number of halogens is 2. The molecular weight excluding hydrogens is 533 g/mol. The van der Waals surface area contributed by atoms with Gasteiger partial charge in [-0.3, -0.25) is 19.1 Å². The predicted octanol–water partition coefficient (Wildman–Crippen LogP) is 2.54. The molecule has 0 unspecified atom stereocenters. The van der Waals surface area contributed by atoms with Crippen molar-refractivity contribution in [2.45, 2.75) is 19.0 Å². The van der Waals surface area contributed by atoms with Gasteiger partial charge in [0.05, 0.1) is 32.2 Å². The summed E-state index contributed by atoms with van der Waals surface area (Å²) in [6, 6.07) is 10.3. The number of fused-ring (bicyclic) bond motifs is 1. The number of hydrogen-bond acceptors (Lipinski definition) is 6. The van der Waals surface area contributed by atoms with Crippen molar-refractivity contribution in [1.29, 1.82) is 0 Å². The second-order valence-electron chi connectivity index (χ2n) is 8.58. The molecule has 0 bridgehead atoms. The Morgan fingerprint density at radius 1 is 1.03 bits per heavy atom. The van der Waals surface area contributed by atoms with Crippen molar-refractivity contribution in [3.8, 4) is 5.69 Å². The molecule has 0 aliphatic rings. The number of nitrogens with one attached hydrogen (secondary N) is 2. The summed E-state index contributed by atoms with van der Waals surface area (Å²) in [5, 5.41) is 15.5. The van der Waals surface area contributed by atoms with Crippen LogP contribution in [0.25, 0.3) is 16.6 Å². The summed E-state index contributed by atoms with van der Waals surface area (Å²) in [6.45, 7) is 0.563. The van der Waals surface area contributed by atoms with E-state index >= 15 is 0 Å². The van der Waals surface area contributed by atoms with Crippen molar-refractivity contribution in [1.82, 2.24) is 24.8 Å². The number of pyridine rings is 1. The standard InChI is InChI=1S/C26H23Cl2N5O5/c1-29-11-15-5-8-21-17(9-15)24(35)33(26(38)32(21)2)16-6-3-14(4-7-16)10-20(25(36)37)31-23(34)22-18(27)12-30-13-19(22)28/h3-9,12-13,20,29H,10-11H2,1-2H3,(H,31,34)(H,36,37)/t20-/m0/s1. The molecular formula is C26H23Cl2N5O5. The largest absolute Gasteiger partial charge is 0.480 e. The van der Waals surface area contributed by atoms with Crippen LogP contribution in [0, 0.1) is 0 Å². The molecule has 38 heavy (non-hydrogen) atoms. The molecule has 2 aromatic heterocycles. The molecule has 4 rings (SSSR count). The number of nitrogens with zero attached hydrogens (tertiary/aromatic N) is 3. The van der Waals surface area contributed by atoms with Crippen molar-refractivity contribution in [2.75, 3.05) is 7.05 Å². The molecule has 0 saturated heterocycles. The molecule has 1 amide bonds. The third-order valence-electron chi connectivity index (χ3n) is 6.03. The number of carbonyl (C=O) groups excluding carboxylic acids is 1. The Labute approximate surface area is 226 Å². The number of aryl methyl sites for hydroxylation is 1. The van der Waals surface area contributed by atoms with Crippen LogP contribution in [0.1, 0.15) is 21.5 Å². The third kappa shape index (κ3) is 5.33. The van der Waals surface area contributed by atoms with Gasteiger partial charge in [0.25, 0.3) is 11.5 Å². The average Bonchev–Trinajstić information content (AvgIpc) is 2.88. The normalized spacial score (nSPS) is 11.9.